The highest BCUT2D eigenvalue weighted by Gasteiger charge is 2.20. The number of quaternary nitrogens is 1. The van der Waals surface area contributed by atoms with Crippen LogP contribution in [0.1, 0.15) is 245 Å². The summed E-state index contributed by atoms with van der Waals surface area (Å²) in [5.41, 5.74) is 0. The molecule has 0 aromatic rings. The van der Waals surface area contributed by atoms with Gasteiger partial charge >= 0.3 is 0 Å². The lowest BCUT2D eigenvalue weighted by Gasteiger charge is -2.30. The van der Waals surface area contributed by atoms with Gasteiger partial charge in [0.15, 0.2) is 0 Å². The molecule has 8 heteroatoms. The number of ether oxygens (including phenoxy) is 1. The van der Waals surface area contributed by atoms with E-state index in [0.717, 1.165) is 25.8 Å². The lowest BCUT2D eigenvalue weighted by molar-refractivity contribution is -0.870. The molecule has 56 heavy (non-hydrogen) atoms. The first kappa shape index (κ1) is 56.0. The van der Waals surface area contributed by atoms with Gasteiger partial charge in [-0.1, -0.05) is 232 Å². The Morgan fingerprint density at radius 1 is 0.482 bits per heavy atom. The summed E-state index contributed by atoms with van der Waals surface area (Å²) in [6.45, 7) is 7.50. The topological polar surface area (TPSA) is 79.9 Å². The second-order valence-electron chi connectivity index (χ2n) is 18.3. The van der Waals surface area contributed by atoms with Crippen LogP contribution < -0.4 is 10.2 Å². The van der Waals surface area contributed by atoms with E-state index in [1.807, 2.05) is 21.1 Å². The first-order valence-electron chi connectivity index (χ1n) is 24.9. The minimum Gasteiger partial charge on any atom is -0.756 e. The van der Waals surface area contributed by atoms with Gasteiger partial charge in [-0.2, -0.15) is 0 Å². The highest BCUT2D eigenvalue weighted by atomic mass is 31.2. The fourth-order valence-corrected chi connectivity index (χ4v) is 8.37. The predicted molar refractivity (Wildman–Crippen MR) is 243 cm³/mol. The molecule has 0 rings (SSSR count). The molecule has 0 saturated carbocycles. The summed E-state index contributed by atoms with van der Waals surface area (Å²) >= 11 is 0. The summed E-state index contributed by atoms with van der Waals surface area (Å²) in [5, 5.41) is 3.43. The van der Waals surface area contributed by atoms with Gasteiger partial charge in [-0.25, -0.2) is 0 Å². The van der Waals surface area contributed by atoms with Crippen molar-refractivity contribution >= 4 is 7.82 Å². The second kappa shape index (κ2) is 43.1. The lowest BCUT2D eigenvalue weighted by atomic mass is 10.0. The predicted octanol–water partition coefficient (Wildman–Crippen LogP) is 14.3. The SMILES string of the molecule is CCCCCCCCCCCCCCCCCCCCNCC(COCCCCCCCCCCCCCCCCCCCC)OP(=O)([O-])OCC[N+](C)(C)C. The third-order valence-corrected chi connectivity index (χ3v) is 12.4. The number of hydrogen-bond acceptors (Lipinski definition) is 6. The molecular formula is C48H101N2O5P. The molecule has 2 atom stereocenters. The Morgan fingerprint density at radius 2 is 0.804 bits per heavy atom. The number of nitrogens with one attached hydrogen (secondary N) is 1. The first-order valence-corrected chi connectivity index (χ1v) is 26.4. The van der Waals surface area contributed by atoms with E-state index < -0.39 is 13.9 Å². The molecule has 0 heterocycles. The number of likely N-dealkylation sites (N-methyl/N-ethyl adjacent to an activating group) is 1. The van der Waals surface area contributed by atoms with Crippen LogP contribution in [0, 0.1) is 0 Å². The number of phosphoric acid groups is 1. The molecule has 0 aromatic carbocycles. The third-order valence-electron chi connectivity index (χ3n) is 11.3. The molecule has 0 aromatic heterocycles. The highest BCUT2D eigenvalue weighted by molar-refractivity contribution is 7.45. The third kappa shape index (κ3) is 46.7. The van der Waals surface area contributed by atoms with Gasteiger partial charge in [0.2, 0.25) is 0 Å². The molecule has 0 amide bonds. The molecule has 338 valence electrons. The Bertz CT molecular complexity index is 767. The van der Waals surface area contributed by atoms with E-state index in [1.165, 1.54) is 212 Å². The number of phosphoric ester groups is 1. The molecule has 0 aliphatic carbocycles. The summed E-state index contributed by atoms with van der Waals surface area (Å²) in [4.78, 5) is 12.6. The minimum atomic E-state index is -4.41. The molecule has 0 fully saturated rings. The fraction of sp³-hybridized carbons (Fsp3) is 1.00. The summed E-state index contributed by atoms with van der Waals surface area (Å²) in [6, 6.07) is 0. The number of hydrogen-bond donors (Lipinski definition) is 1. The Labute approximate surface area is 351 Å². The average molecular weight is 817 g/mol. The first-order chi connectivity index (χ1) is 27.2. The number of unbranched alkanes of at least 4 members (excludes halogenated alkanes) is 34. The molecule has 7 nitrogen and oxygen atoms in total. The molecule has 2 unspecified atom stereocenters. The summed E-state index contributed by atoms with van der Waals surface area (Å²) in [7, 11) is 1.64. The maximum Gasteiger partial charge on any atom is 0.268 e. The van der Waals surface area contributed by atoms with Crippen molar-refractivity contribution in [2.45, 2.75) is 251 Å². The van der Waals surface area contributed by atoms with Gasteiger partial charge in [0, 0.05) is 13.2 Å². The van der Waals surface area contributed by atoms with Gasteiger partial charge in [0.1, 0.15) is 19.3 Å². The van der Waals surface area contributed by atoms with E-state index in [-0.39, 0.29) is 13.2 Å². The van der Waals surface area contributed by atoms with Crippen LogP contribution in [0.4, 0.5) is 0 Å². The average Bonchev–Trinajstić information content (AvgIpc) is 3.15. The monoisotopic (exact) mass is 817 g/mol. The van der Waals surface area contributed by atoms with Crippen LogP contribution in [0.2, 0.25) is 0 Å². The smallest absolute Gasteiger partial charge is 0.268 e. The van der Waals surface area contributed by atoms with Crippen LogP contribution in [0.5, 0.6) is 0 Å². The van der Waals surface area contributed by atoms with Crippen molar-refractivity contribution in [3.63, 3.8) is 0 Å². The zero-order valence-corrected chi connectivity index (χ0v) is 39.6. The molecule has 0 aliphatic rings. The molecule has 0 aliphatic heterocycles. The molecule has 1 N–H and O–H groups in total. The lowest BCUT2D eigenvalue weighted by Crippen LogP contribution is -2.38. The second-order valence-corrected chi connectivity index (χ2v) is 19.7. The van der Waals surface area contributed by atoms with Crippen LogP contribution in [0.15, 0.2) is 0 Å². The Morgan fingerprint density at radius 3 is 1.14 bits per heavy atom. The summed E-state index contributed by atoms with van der Waals surface area (Å²) in [5.74, 6) is 0. The van der Waals surface area contributed by atoms with Gasteiger partial charge in [0.25, 0.3) is 7.82 Å². The van der Waals surface area contributed by atoms with E-state index in [2.05, 4.69) is 19.2 Å². The molecule has 0 spiro atoms. The van der Waals surface area contributed by atoms with Crippen LogP contribution in [0.25, 0.3) is 0 Å². The van der Waals surface area contributed by atoms with Gasteiger partial charge in [-0.05, 0) is 19.4 Å². The maximum absolute atomic E-state index is 12.6. The Kier molecular flexibility index (Phi) is 43.1. The van der Waals surface area contributed by atoms with Gasteiger partial charge < -0.3 is 28.5 Å². The van der Waals surface area contributed by atoms with E-state index in [0.29, 0.717) is 24.2 Å². The van der Waals surface area contributed by atoms with Crippen LogP contribution >= 0.6 is 7.82 Å². The van der Waals surface area contributed by atoms with E-state index in [4.69, 9.17) is 13.8 Å². The minimum absolute atomic E-state index is 0.115. The molecular weight excluding hydrogens is 716 g/mol. The van der Waals surface area contributed by atoms with Crippen molar-refractivity contribution < 1.29 is 27.7 Å². The quantitative estimate of drug-likeness (QED) is 0.0374. The highest BCUT2D eigenvalue weighted by Crippen LogP contribution is 2.39. The van der Waals surface area contributed by atoms with Crippen molar-refractivity contribution in [2.75, 3.05) is 60.6 Å². The Hall–Kier alpha value is -0.0100. The largest absolute Gasteiger partial charge is 0.756 e. The maximum atomic E-state index is 12.6. The van der Waals surface area contributed by atoms with Crippen molar-refractivity contribution in [3.8, 4) is 0 Å². The van der Waals surface area contributed by atoms with Crippen LogP contribution in [0.3, 0.4) is 0 Å². The van der Waals surface area contributed by atoms with Crippen molar-refractivity contribution in [1.82, 2.24) is 5.32 Å². The number of rotatable bonds is 48. The summed E-state index contributed by atoms with van der Waals surface area (Å²) < 4.78 is 29.9. The van der Waals surface area contributed by atoms with Crippen molar-refractivity contribution in [2.24, 2.45) is 0 Å². The van der Waals surface area contributed by atoms with Crippen LogP contribution in [-0.4, -0.2) is 71.2 Å². The molecule has 0 bridgehead atoms. The van der Waals surface area contributed by atoms with Gasteiger partial charge in [-0.3, -0.25) is 4.57 Å². The zero-order valence-electron chi connectivity index (χ0n) is 38.7. The summed E-state index contributed by atoms with van der Waals surface area (Å²) in [6.07, 6.45) is 48.5. The van der Waals surface area contributed by atoms with Gasteiger partial charge in [-0.15, -0.1) is 0 Å². The van der Waals surface area contributed by atoms with Gasteiger partial charge in [0.05, 0.1) is 27.7 Å². The van der Waals surface area contributed by atoms with E-state index >= 15 is 0 Å². The van der Waals surface area contributed by atoms with E-state index in [9.17, 15) is 9.46 Å². The van der Waals surface area contributed by atoms with E-state index in [1.54, 1.807) is 0 Å². The molecule has 0 radical (unpaired) electrons. The fourth-order valence-electron chi connectivity index (χ4n) is 7.50. The normalized spacial score (nSPS) is 13.8. The standard InChI is InChI=1S/C48H101N2O5P/c1-6-8-10-12-14-16-18-20-22-24-26-28-30-32-34-36-38-40-42-49-46-48(55-56(51,52)54-45-43-50(3,4)5)47-53-44-41-39-37-35-33-31-29-27-25-23-21-19-17-15-13-11-9-7-2/h48-49H,6-47H2,1-5H3. The number of nitrogens with zero attached hydrogens (tertiary/aromatic N) is 1. The molecule has 0 saturated heterocycles. The van der Waals surface area contributed by atoms with Crippen molar-refractivity contribution in [3.05, 3.63) is 0 Å². The van der Waals surface area contributed by atoms with Crippen molar-refractivity contribution in [1.29, 1.82) is 0 Å². The zero-order chi connectivity index (χ0) is 41.1. The Balaban J connectivity index is 3.95. The van der Waals surface area contributed by atoms with Crippen LogP contribution in [-0.2, 0) is 18.3 Å².